The summed E-state index contributed by atoms with van der Waals surface area (Å²) < 4.78 is 0. The fourth-order valence-electron chi connectivity index (χ4n) is 2.05. The number of carbonyl (C=O) groups excluding carboxylic acids is 1. The lowest BCUT2D eigenvalue weighted by Crippen LogP contribution is -2.48. The van der Waals surface area contributed by atoms with Crippen LogP contribution in [0, 0.1) is 5.92 Å². The molecule has 0 aromatic heterocycles. The highest BCUT2D eigenvalue weighted by atomic mass is 16.4. The number of aliphatic hydroxyl groups excluding tert-OH is 2. The van der Waals surface area contributed by atoms with Crippen molar-refractivity contribution in [2.45, 2.75) is 25.4 Å². The summed E-state index contributed by atoms with van der Waals surface area (Å²) in [5, 5.41) is 28.8. The van der Waals surface area contributed by atoms with E-state index >= 15 is 0 Å². The Morgan fingerprint density at radius 2 is 2.17 bits per heavy atom. The van der Waals surface area contributed by atoms with Crippen LogP contribution in [0.3, 0.4) is 0 Å². The number of nitrogens with zero attached hydrogens (tertiary/aromatic N) is 1. The molecule has 7 heteroatoms. The SMILES string of the molecule is O=C(O)C(O)CNC(=O)N1CCCC(CCO)C1. The Morgan fingerprint density at radius 3 is 2.78 bits per heavy atom. The minimum absolute atomic E-state index is 0.109. The number of carbonyl (C=O) groups is 2. The molecule has 0 aromatic rings. The van der Waals surface area contributed by atoms with E-state index < -0.39 is 12.1 Å². The summed E-state index contributed by atoms with van der Waals surface area (Å²) >= 11 is 0. The van der Waals surface area contributed by atoms with Crippen LogP contribution in [-0.2, 0) is 4.79 Å². The first-order valence-electron chi connectivity index (χ1n) is 6.09. The van der Waals surface area contributed by atoms with Crippen molar-refractivity contribution in [1.82, 2.24) is 10.2 Å². The number of likely N-dealkylation sites (tertiary alicyclic amines) is 1. The Kier molecular flexibility index (Phi) is 5.87. The molecule has 2 unspecified atom stereocenters. The van der Waals surface area contributed by atoms with E-state index in [2.05, 4.69) is 5.32 Å². The maximum absolute atomic E-state index is 11.7. The molecule has 0 saturated carbocycles. The molecule has 1 aliphatic rings. The third kappa shape index (κ3) is 4.50. The maximum atomic E-state index is 11.7. The number of aliphatic carboxylic acids is 1. The van der Waals surface area contributed by atoms with Crippen molar-refractivity contribution < 1.29 is 24.9 Å². The van der Waals surface area contributed by atoms with Gasteiger partial charge in [-0.05, 0) is 25.2 Å². The van der Waals surface area contributed by atoms with Gasteiger partial charge in [0.15, 0.2) is 6.10 Å². The van der Waals surface area contributed by atoms with Crippen LogP contribution in [0.4, 0.5) is 4.79 Å². The molecule has 4 N–H and O–H groups in total. The van der Waals surface area contributed by atoms with Crippen LogP contribution in [-0.4, -0.2) is 64.6 Å². The summed E-state index contributed by atoms with van der Waals surface area (Å²) in [6.45, 7) is 1.000. The smallest absolute Gasteiger partial charge is 0.334 e. The maximum Gasteiger partial charge on any atom is 0.334 e. The number of rotatable bonds is 5. The van der Waals surface area contributed by atoms with Crippen molar-refractivity contribution in [3.63, 3.8) is 0 Å². The van der Waals surface area contributed by atoms with Gasteiger partial charge in [0.1, 0.15) is 0 Å². The van der Waals surface area contributed by atoms with Gasteiger partial charge in [0, 0.05) is 19.7 Å². The lowest BCUT2D eigenvalue weighted by atomic mass is 9.95. The minimum Gasteiger partial charge on any atom is -0.479 e. The topological polar surface area (TPSA) is 110 Å². The quantitative estimate of drug-likeness (QED) is 0.519. The summed E-state index contributed by atoms with van der Waals surface area (Å²) in [4.78, 5) is 23.7. The van der Waals surface area contributed by atoms with Gasteiger partial charge < -0.3 is 25.5 Å². The van der Waals surface area contributed by atoms with E-state index in [1.165, 1.54) is 0 Å². The second-order valence-corrected chi connectivity index (χ2v) is 4.51. The number of hydrogen-bond donors (Lipinski definition) is 4. The van der Waals surface area contributed by atoms with Gasteiger partial charge in [0.05, 0.1) is 6.54 Å². The Hall–Kier alpha value is -1.34. The predicted molar refractivity (Wildman–Crippen MR) is 63.0 cm³/mol. The second-order valence-electron chi connectivity index (χ2n) is 4.51. The van der Waals surface area contributed by atoms with Gasteiger partial charge in [0.25, 0.3) is 0 Å². The van der Waals surface area contributed by atoms with Crippen LogP contribution >= 0.6 is 0 Å². The molecule has 0 radical (unpaired) electrons. The van der Waals surface area contributed by atoms with Crippen molar-refractivity contribution in [3.05, 3.63) is 0 Å². The van der Waals surface area contributed by atoms with Crippen molar-refractivity contribution in [3.8, 4) is 0 Å². The van der Waals surface area contributed by atoms with Crippen LogP contribution in [0.1, 0.15) is 19.3 Å². The highest BCUT2D eigenvalue weighted by molar-refractivity contribution is 5.76. The second kappa shape index (κ2) is 7.17. The van der Waals surface area contributed by atoms with Gasteiger partial charge in [-0.15, -0.1) is 0 Å². The number of aliphatic hydroxyl groups is 2. The zero-order chi connectivity index (χ0) is 13.5. The summed E-state index contributed by atoms with van der Waals surface area (Å²) in [5.41, 5.74) is 0. The normalized spacial score (nSPS) is 21.4. The lowest BCUT2D eigenvalue weighted by molar-refractivity contribution is -0.146. The van der Waals surface area contributed by atoms with E-state index in [-0.39, 0.29) is 19.2 Å². The van der Waals surface area contributed by atoms with E-state index in [1.807, 2.05) is 0 Å². The Bertz CT molecular complexity index is 295. The van der Waals surface area contributed by atoms with Crippen molar-refractivity contribution in [1.29, 1.82) is 0 Å². The molecule has 18 heavy (non-hydrogen) atoms. The van der Waals surface area contributed by atoms with Crippen LogP contribution in [0.5, 0.6) is 0 Å². The van der Waals surface area contributed by atoms with Crippen molar-refractivity contribution in [2.24, 2.45) is 5.92 Å². The van der Waals surface area contributed by atoms with E-state index in [4.69, 9.17) is 15.3 Å². The first-order valence-corrected chi connectivity index (χ1v) is 6.09. The van der Waals surface area contributed by atoms with E-state index in [9.17, 15) is 9.59 Å². The first-order chi connectivity index (χ1) is 8.54. The number of nitrogens with one attached hydrogen (secondary N) is 1. The average molecular weight is 260 g/mol. The zero-order valence-corrected chi connectivity index (χ0v) is 10.2. The van der Waals surface area contributed by atoms with E-state index in [0.717, 1.165) is 12.8 Å². The summed E-state index contributed by atoms with van der Waals surface area (Å²) in [6, 6.07) is -0.363. The lowest BCUT2D eigenvalue weighted by Gasteiger charge is -2.32. The zero-order valence-electron chi connectivity index (χ0n) is 10.2. The molecule has 1 fully saturated rings. The Labute approximate surface area is 105 Å². The molecule has 0 bridgehead atoms. The Morgan fingerprint density at radius 1 is 1.44 bits per heavy atom. The van der Waals surface area contributed by atoms with E-state index in [0.29, 0.717) is 25.4 Å². The van der Waals surface area contributed by atoms with Crippen LogP contribution in [0.25, 0.3) is 0 Å². The highest BCUT2D eigenvalue weighted by Crippen LogP contribution is 2.19. The largest absolute Gasteiger partial charge is 0.479 e. The number of carboxylic acids is 1. The van der Waals surface area contributed by atoms with Gasteiger partial charge >= 0.3 is 12.0 Å². The predicted octanol–water partition coefficient (Wildman–Crippen LogP) is -0.764. The molecule has 0 aromatic carbocycles. The first kappa shape index (κ1) is 14.7. The molecule has 1 saturated heterocycles. The summed E-state index contributed by atoms with van der Waals surface area (Å²) in [5.74, 6) is -1.06. The standard InChI is InChI=1S/C11H20N2O5/c14-5-3-8-2-1-4-13(7-8)11(18)12-6-9(15)10(16)17/h8-9,14-15H,1-7H2,(H,12,18)(H,16,17). The highest BCUT2D eigenvalue weighted by Gasteiger charge is 2.24. The number of carboxylic acid groups (broad SMARTS) is 1. The van der Waals surface area contributed by atoms with E-state index in [1.54, 1.807) is 4.90 Å². The molecule has 104 valence electrons. The van der Waals surface area contributed by atoms with Gasteiger partial charge in [-0.3, -0.25) is 0 Å². The fourth-order valence-corrected chi connectivity index (χ4v) is 2.05. The van der Waals surface area contributed by atoms with Gasteiger partial charge in [-0.2, -0.15) is 0 Å². The summed E-state index contributed by atoms with van der Waals surface area (Å²) in [6.07, 6.45) is 0.954. The van der Waals surface area contributed by atoms with Crippen molar-refractivity contribution in [2.75, 3.05) is 26.2 Å². The molecule has 0 spiro atoms. The molecule has 0 aliphatic carbocycles. The molecule has 1 aliphatic heterocycles. The third-order valence-corrected chi connectivity index (χ3v) is 3.08. The van der Waals surface area contributed by atoms with Crippen LogP contribution in [0.2, 0.25) is 0 Å². The van der Waals surface area contributed by atoms with Crippen LogP contribution < -0.4 is 5.32 Å². The molecule has 2 atom stereocenters. The van der Waals surface area contributed by atoms with Gasteiger partial charge in [0.2, 0.25) is 0 Å². The van der Waals surface area contributed by atoms with Crippen LogP contribution in [0.15, 0.2) is 0 Å². The summed E-state index contributed by atoms with van der Waals surface area (Å²) in [7, 11) is 0. The molecular formula is C11H20N2O5. The third-order valence-electron chi connectivity index (χ3n) is 3.08. The number of hydrogen-bond acceptors (Lipinski definition) is 4. The van der Waals surface area contributed by atoms with Gasteiger partial charge in [-0.1, -0.05) is 0 Å². The monoisotopic (exact) mass is 260 g/mol. The molecule has 7 nitrogen and oxygen atoms in total. The molecule has 1 heterocycles. The molecule has 2 amide bonds. The minimum atomic E-state index is -1.58. The number of amides is 2. The Balaban J connectivity index is 2.34. The number of urea groups is 1. The fraction of sp³-hybridized carbons (Fsp3) is 0.818. The molecular weight excluding hydrogens is 240 g/mol. The molecule has 1 rings (SSSR count). The van der Waals surface area contributed by atoms with Gasteiger partial charge in [-0.25, -0.2) is 9.59 Å². The number of piperidine rings is 1. The average Bonchev–Trinajstić information content (AvgIpc) is 2.36. The van der Waals surface area contributed by atoms with Crippen molar-refractivity contribution >= 4 is 12.0 Å².